The number of carbonyl (C=O) groups excluding carboxylic acids is 3. The van der Waals surface area contributed by atoms with Gasteiger partial charge in [0.1, 0.15) is 5.41 Å². The summed E-state index contributed by atoms with van der Waals surface area (Å²) < 4.78 is 0. The summed E-state index contributed by atoms with van der Waals surface area (Å²) in [7, 11) is 0. The molecular formula is C11H16N2O3. The molecule has 4 amide bonds. The van der Waals surface area contributed by atoms with Crippen molar-refractivity contribution in [3.63, 3.8) is 0 Å². The Morgan fingerprint density at radius 3 is 2.25 bits per heavy atom. The van der Waals surface area contributed by atoms with Gasteiger partial charge in [-0.15, -0.1) is 0 Å². The van der Waals surface area contributed by atoms with Crippen LogP contribution in [0.1, 0.15) is 39.5 Å². The molecule has 0 bridgehead atoms. The van der Waals surface area contributed by atoms with Crippen LogP contribution in [-0.2, 0) is 9.59 Å². The third-order valence-electron chi connectivity index (χ3n) is 3.62. The molecule has 5 heteroatoms. The molecular weight excluding hydrogens is 208 g/mol. The molecule has 0 aromatic carbocycles. The summed E-state index contributed by atoms with van der Waals surface area (Å²) in [5.74, 6) is -0.752. The molecule has 2 aliphatic rings. The van der Waals surface area contributed by atoms with E-state index in [-0.39, 0.29) is 11.9 Å². The minimum atomic E-state index is -1.03. The van der Waals surface area contributed by atoms with Crippen LogP contribution in [0.4, 0.5) is 4.79 Å². The largest absolute Gasteiger partial charge is 0.331 e. The number of imide groups is 2. The maximum atomic E-state index is 12.3. The van der Waals surface area contributed by atoms with Gasteiger partial charge in [-0.2, -0.15) is 0 Å². The first-order chi connectivity index (χ1) is 7.56. The van der Waals surface area contributed by atoms with Crippen molar-refractivity contribution < 1.29 is 14.4 Å². The second-order valence-electron chi connectivity index (χ2n) is 4.45. The van der Waals surface area contributed by atoms with E-state index in [1.165, 1.54) is 4.90 Å². The predicted octanol–water partition coefficient (Wildman–Crippen LogP) is 1.03. The van der Waals surface area contributed by atoms with E-state index < -0.39 is 17.4 Å². The molecule has 0 radical (unpaired) electrons. The van der Waals surface area contributed by atoms with Crippen LogP contribution in [0.15, 0.2) is 0 Å². The predicted molar refractivity (Wildman–Crippen MR) is 56.4 cm³/mol. The molecule has 0 aromatic rings. The van der Waals surface area contributed by atoms with Gasteiger partial charge in [-0.1, -0.05) is 13.8 Å². The smallest absolute Gasteiger partial charge is 0.277 e. The number of nitrogens with one attached hydrogen (secondary N) is 1. The molecule has 1 aliphatic heterocycles. The molecule has 0 aromatic heterocycles. The van der Waals surface area contributed by atoms with Crippen LogP contribution in [0.3, 0.4) is 0 Å². The van der Waals surface area contributed by atoms with Crippen molar-refractivity contribution >= 4 is 17.8 Å². The van der Waals surface area contributed by atoms with E-state index in [1.807, 2.05) is 13.8 Å². The summed E-state index contributed by atoms with van der Waals surface area (Å²) in [5.41, 5.74) is -1.03. The fourth-order valence-corrected chi connectivity index (χ4v) is 2.23. The molecule has 1 N–H and O–H groups in total. The van der Waals surface area contributed by atoms with Crippen molar-refractivity contribution in [2.24, 2.45) is 5.41 Å². The highest BCUT2D eigenvalue weighted by molar-refractivity contribution is 6.19. The van der Waals surface area contributed by atoms with Gasteiger partial charge in [-0.05, 0) is 25.7 Å². The number of urea groups is 1. The van der Waals surface area contributed by atoms with Gasteiger partial charge >= 0.3 is 6.03 Å². The monoisotopic (exact) mass is 224 g/mol. The molecule has 0 unspecified atom stereocenters. The Morgan fingerprint density at radius 1 is 1.25 bits per heavy atom. The van der Waals surface area contributed by atoms with Crippen LogP contribution in [0.2, 0.25) is 0 Å². The lowest BCUT2D eigenvalue weighted by Crippen LogP contribution is -2.64. The maximum absolute atomic E-state index is 12.3. The Hall–Kier alpha value is -1.39. The van der Waals surface area contributed by atoms with E-state index in [4.69, 9.17) is 0 Å². The molecule has 1 aliphatic carbocycles. The van der Waals surface area contributed by atoms with Crippen LogP contribution in [0.5, 0.6) is 0 Å². The first kappa shape index (κ1) is 11.1. The average Bonchev–Trinajstić information content (AvgIpc) is 3.03. The summed E-state index contributed by atoms with van der Waals surface area (Å²) in [4.78, 5) is 36.9. The van der Waals surface area contributed by atoms with Gasteiger partial charge in [0.15, 0.2) is 0 Å². The third kappa shape index (κ3) is 1.34. The molecule has 1 heterocycles. The van der Waals surface area contributed by atoms with Gasteiger partial charge < -0.3 is 0 Å². The Balaban J connectivity index is 2.35. The van der Waals surface area contributed by atoms with E-state index in [2.05, 4.69) is 5.32 Å². The number of hydrogen-bond donors (Lipinski definition) is 1. The summed E-state index contributed by atoms with van der Waals surface area (Å²) in [5, 5.41) is 2.30. The number of rotatable bonds is 3. The van der Waals surface area contributed by atoms with Crippen molar-refractivity contribution in [2.45, 2.75) is 45.6 Å². The summed E-state index contributed by atoms with van der Waals surface area (Å²) in [6.07, 6.45) is 2.59. The second-order valence-corrected chi connectivity index (χ2v) is 4.45. The molecule has 2 rings (SSSR count). The normalized spacial score (nSPS) is 24.6. The number of nitrogens with zero attached hydrogens (tertiary/aromatic N) is 1. The van der Waals surface area contributed by atoms with E-state index in [0.29, 0.717) is 12.8 Å². The third-order valence-corrected chi connectivity index (χ3v) is 3.62. The Morgan fingerprint density at radius 2 is 1.81 bits per heavy atom. The van der Waals surface area contributed by atoms with Crippen molar-refractivity contribution in [2.75, 3.05) is 0 Å². The van der Waals surface area contributed by atoms with Gasteiger partial charge in [0.05, 0.1) is 0 Å². The zero-order chi connectivity index (χ0) is 11.9. The SMILES string of the molecule is CCC1(CC)C(=O)NC(=O)N(C2CC2)C1=O. The molecule has 1 saturated heterocycles. The highest BCUT2D eigenvalue weighted by Crippen LogP contribution is 2.37. The summed E-state index contributed by atoms with van der Waals surface area (Å²) in [6, 6.07) is -0.534. The van der Waals surface area contributed by atoms with Crippen molar-refractivity contribution in [1.29, 1.82) is 0 Å². The topological polar surface area (TPSA) is 66.5 Å². The van der Waals surface area contributed by atoms with Crippen molar-refractivity contribution in [1.82, 2.24) is 10.2 Å². The molecule has 0 atom stereocenters. The maximum Gasteiger partial charge on any atom is 0.331 e. The van der Waals surface area contributed by atoms with Crippen LogP contribution in [-0.4, -0.2) is 28.8 Å². The summed E-state index contributed by atoms with van der Waals surface area (Å²) in [6.45, 7) is 3.61. The van der Waals surface area contributed by atoms with E-state index in [1.54, 1.807) is 0 Å². The minimum absolute atomic E-state index is 0.0121. The van der Waals surface area contributed by atoms with Crippen LogP contribution < -0.4 is 5.32 Å². The first-order valence-corrected chi connectivity index (χ1v) is 5.76. The fraction of sp³-hybridized carbons (Fsp3) is 0.727. The van der Waals surface area contributed by atoms with Gasteiger partial charge in [0.25, 0.3) is 0 Å². The van der Waals surface area contributed by atoms with Gasteiger partial charge in [-0.3, -0.25) is 19.8 Å². The lowest BCUT2D eigenvalue weighted by molar-refractivity contribution is -0.152. The standard InChI is InChI=1S/C11H16N2O3/c1-3-11(4-2)8(14)12-10(16)13(9(11)15)7-5-6-7/h7H,3-6H2,1-2H3,(H,12,14,16). The van der Waals surface area contributed by atoms with E-state index in [9.17, 15) is 14.4 Å². The van der Waals surface area contributed by atoms with Crippen LogP contribution in [0.25, 0.3) is 0 Å². The molecule has 0 spiro atoms. The fourth-order valence-electron chi connectivity index (χ4n) is 2.23. The van der Waals surface area contributed by atoms with E-state index in [0.717, 1.165) is 12.8 Å². The zero-order valence-corrected chi connectivity index (χ0v) is 9.58. The zero-order valence-electron chi connectivity index (χ0n) is 9.58. The molecule has 5 nitrogen and oxygen atoms in total. The molecule has 1 saturated carbocycles. The molecule has 88 valence electrons. The number of barbiturate groups is 1. The average molecular weight is 224 g/mol. The number of hydrogen-bond acceptors (Lipinski definition) is 3. The lowest BCUT2D eigenvalue weighted by Gasteiger charge is -2.38. The molecule has 16 heavy (non-hydrogen) atoms. The second kappa shape index (κ2) is 3.57. The van der Waals surface area contributed by atoms with Crippen molar-refractivity contribution in [3.8, 4) is 0 Å². The van der Waals surface area contributed by atoms with Crippen LogP contribution in [0, 0.1) is 5.41 Å². The van der Waals surface area contributed by atoms with Crippen LogP contribution >= 0.6 is 0 Å². The van der Waals surface area contributed by atoms with Crippen molar-refractivity contribution in [3.05, 3.63) is 0 Å². The quantitative estimate of drug-likeness (QED) is 0.728. The van der Waals surface area contributed by atoms with Gasteiger partial charge in [0.2, 0.25) is 11.8 Å². The molecule has 2 fully saturated rings. The highest BCUT2D eigenvalue weighted by Gasteiger charge is 2.54. The van der Waals surface area contributed by atoms with Gasteiger partial charge in [-0.25, -0.2) is 4.79 Å². The Bertz CT molecular complexity index is 356. The van der Waals surface area contributed by atoms with Gasteiger partial charge in [0, 0.05) is 6.04 Å². The highest BCUT2D eigenvalue weighted by atomic mass is 16.2. The first-order valence-electron chi connectivity index (χ1n) is 5.76. The Labute approximate surface area is 94.2 Å². The number of carbonyl (C=O) groups is 3. The Kier molecular flexibility index (Phi) is 2.48. The summed E-state index contributed by atoms with van der Waals surface area (Å²) >= 11 is 0. The van der Waals surface area contributed by atoms with E-state index >= 15 is 0 Å². The minimum Gasteiger partial charge on any atom is -0.277 e. The lowest BCUT2D eigenvalue weighted by atomic mass is 9.78. The number of amides is 4.